The molecule has 0 aliphatic heterocycles. The standard InChI is InChI=1S/C15H28N2O3/c1-15(2,3)8-11(16)7-13(18)17-9-10-5-4-6-12(10)14(19)20/h10-12H,4-9,16H2,1-3H3,(H,17,18)(H,19,20). The zero-order valence-corrected chi connectivity index (χ0v) is 12.8. The van der Waals surface area contributed by atoms with E-state index in [0.717, 1.165) is 25.7 Å². The molecule has 3 unspecified atom stereocenters. The number of nitrogens with one attached hydrogen (secondary N) is 1. The minimum absolute atomic E-state index is 0.0651. The van der Waals surface area contributed by atoms with Crippen molar-refractivity contribution in [1.29, 1.82) is 0 Å². The molecule has 0 saturated heterocycles. The molecule has 5 heteroatoms. The fraction of sp³-hybridized carbons (Fsp3) is 0.867. The Kier molecular flexibility index (Phi) is 5.99. The predicted octanol–water partition coefficient (Wildman–Crippen LogP) is 1.76. The second-order valence-corrected chi connectivity index (χ2v) is 7.17. The van der Waals surface area contributed by atoms with Crippen molar-refractivity contribution < 1.29 is 14.7 Å². The number of carboxylic acid groups (broad SMARTS) is 1. The first-order valence-corrected chi connectivity index (χ1v) is 7.44. The summed E-state index contributed by atoms with van der Waals surface area (Å²) in [5.41, 5.74) is 6.08. The Labute approximate surface area is 121 Å². The van der Waals surface area contributed by atoms with Gasteiger partial charge in [-0.3, -0.25) is 9.59 Å². The van der Waals surface area contributed by atoms with E-state index < -0.39 is 5.97 Å². The Morgan fingerprint density at radius 1 is 1.35 bits per heavy atom. The number of carbonyl (C=O) groups excluding carboxylic acids is 1. The van der Waals surface area contributed by atoms with Crippen LogP contribution in [0.5, 0.6) is 0 Å². The van der Waals surface area contributed by atoms with Crippen molar-refractivity contribution in [3.8, 4) is 0 Å². The molecule has 1 fully saturated rings. The van der Waals surface area contributed by atoms with Crippen LogP contribution in [0.2, 0.25) is 0 Å². The molecule has 1 aliphatic carbocycles. The average Bonchev–Trinajstić information content (AvgIpc) is 2.71. The number of rotatable bonds is 6. The Hall–Kier alpha value is -1.10. The molecule has 0 radical (unpaired) electrons. The zero-order chi connectivity index (χ0) is 15.3. The molecule has 0 heterocycles. The lowest BCUT2D eigenvalue weighted by Gasteiger charge is -2.23. The fourth-order valence-electron chi connectivity index (χ4n) is 3.02. The first-order chi connectivity index (χ1) is 9.19. The van der Waals surface area contributed by atoms with Gasteiger partial charge in [0.2, 0.25) is 5.91 Å². The number of hydrogen-bond donors (Lipinski definition) is 3. The molecule has 4 N–H and O–H groups in total. The maximum atomic E-state index is 11.8. The van der Waals surface area contributed by atoms with Gasteiger partial charge < -0.3 is 16.2 Å². The van der Waals surface area contributed by atoms with Gasteiger partial charge in [-0.05, 0) is 30.6 Å². The molecule has 3 atom stereocenters. The minimum atomic E-state index is -0.744. The van der Waals surface area contributed by atoms with E-state index in [1.54, 1.807) is 0 Å². The molecule has 1 amide bonds. The maximum absolute atomic E-state index is 11.8. The Balaban J connectivity index is 2.31. The molecular formula is C15H28N2O3. The van der Waals surface area contributed by atoms with Crippen molar-refractivity contribution in [2.45, 2.75) is 58.9 Å². The van der Waals surface area contributed by atoms with Crippen LogP contribution in [0, 0.1) is 17.3 Å². The quantitative estimate of drug-likeness (QED) is 0.693. The highest BCUT2D eigenvalue weighted by atomic mass is 16.4. The van der Waals surface area contributed by atoms with Crippen LogP contribution < -0.4 is 11.1 Å². The molecule has 0 aromatic heterocycles. The van der Waals surface area contributed by atoms with Crippen LogP contribution in [0.3, 0.4) is 0 Å². The highest BCUT2D eigenvalue weighted by molar-refractivity contribution is 5.76. The third-order valence-corrected chi connectivity index (χ3v) is 3.86. The molecule has 20 heavy (non-hydrogen) atoms. The van der Waals surface area contributed by atoms with Crippen molar-refractivity contribution >= 4 is 11.9 Å². The van der Waals surface area contributed by atoms with Crippen molar-refractivity contribution in [2.24, 2.45) is 23.0 Å². The molecule has 0 bridgehead atoms. The monoisotopic (exact) mass is 284 g/mol. The molecule has 0 spiro atoms. The number of carboxylic acids is 1. The predicted molar refractivity (Wildman–Crippen MR) is 78.1 cm³/mol. The van der Waals surface area contributed by atoms with Crippen LogP contribution in [0.25, 0.3) is 0 Å². The molecule has 1 aliphatic rings. The maximum Gasteiger partial charge on any atom is 0.306 e. The van der Waals surface area contributed by atoms with E-state index in [0.29, 0.717) is 13.0 Å². The van der Waals surface area contributed by atoms with Gasteiger partial charge in [-0.2, -0.15) is 0 Å². The Morgan fingerprint density at radius 2 is 2.00 bits per heavy atom. The largest absolute Gasteiger partial charge is 0.481 e. The number of hydrogen-bond acceptors (Lipinski definition) is 3. The van der Waals surface area contributed by atoms with E-state index in [-0.39, 0.29) is 29.2 Å². The SMILES string of the molecule is CC(C)(C)CC(N)CC(=O)NCC1CCCC1C(=O)O. The molecule has 1 saturated carbocycles. The lowest BCUT2D eigenvalue weighted by molar-refractivity contribution is -0.143. The highest BCUT2D eigenvalue weighted by Crippen LogP contribution is 2.31. The fourth-order valence-corrected chi connectivity index (χ4v) is 3.02. The summed E-state index contributed by atoms with van der Waals surface area (Å²) in [5.74, 6) is -1.06. The van der Waals surface area contributed by atoms with E-state index in [1.807, 2.05) is 0 Å². The van der Waals surface area contributed by atoms with Crippen LogP contribution >= 0.6 is 0 Å². The first kappa shape index (κ1) is 17.0. The molecular weight excluding hydrogens is 256 g/mol. The summed E-state index contributed by atoms with van der Waals surface area (Å²) in [6.07, 6.45) is 3.63. The molecule has 116 valence electrons. The third kappa shape index (κ3) is 5.90. The van der Waals surface area contributed by atoms with E-state index in [9.17, 15) is 9.59 Å². The van der Waals surface area contributed by atoms with Crippen LogP contribution in [-0.4, -0.2) is 29.6 Å². The Bertz CT molecular complexity index is 350. The smallest absolute Gasteiger partial charge is 0.306 e. The number of nitrogens with two attached hydrogens (primary N) is 1. The van der Waals surface area contributed by atoms with E-state index in [2.05, 4.69) is 26.1 Å². The highest BCUT2D eigenvalue weighted by Gasteiger charge is 2.32. The van der Waals surface area contributed by atoms with Gasteiger partial charge >= 0.3 is 5.97 Å². The van der Waals surface area contributed by atoms with Crippen LogP contribution in [-0.2, 0) is 9.59 Å². The number of amides is 1. The van der Waals surface area contributed by atoms with Crippen molar-refractivity contribution in [1.82, 2.24) is 5.32 Å². The summed E-state index contributed by atoms with van der Waals surface area (Å²) in [6, 6.07) is -0.145. The van der Waals surface area contributed by atoms with Crippen LogP contribution in [0.4, 0.5) is 0 Å². The van der Waals surface area contributed by atoms with Gasteiger partial charge in [-0.15, -0.1) is 0 Å². The summed E-state index contributed by atoms with van der Waals surface area (Å²) in [5, 5.41) is 11.9. The molecule has 0 aromatic carbocycles. The summed E-state index contributed by atoms with van der Waals surface area (Å²) >= 11 is 0. The second-order valence-electron chi connectivity index (χ2n) is 7.17. The van der Waals surface area contributed by atoms with Crippen molar-refractivity contribution in [3.63, 3.8) is 0 Å². The normalized spacial score (nSPS) is 24.4. The topological polar surface area (TPSA) is 92.4 Å². The summed E-state index contributed by atoms with van der Waals surface area (Å²) in [7, 11) is 0. The molecule has 5 nitrogen and oxygen atoms in total. The molecule has 0 aromatic rings. The van der Waals surface area contributed by atoms with Gasteiger partial charge in [-0.25, -0.2) is 0 Å². The average molecular weight is 284 g/mol. The van der Waals surface area contributed by atoms with Gasteiger partial charge in [0, 0.05) is 19.0 Å². The zero-order valence-electron chi connectivity index (χ0n) is 12.8. The first-order valence-electron chi connectivity index (χ1n) is 7.44. The van der Waals surface area contributed by atoms with Gasteiger partial charge in [-0.1, -0.05) is 27.2 Å². The van der Waals surface area contributed by atoms with Gasteiger partial charge in [0.15, 0.2) is 0 Å². The van der Waals surface area contributed by atoms with Gasteiger partial charge in [0.1, 0.15) is 0 Å². The Morgan fingerprint density at radius 3 is 2.55 bits per heavy atom. The van der Waals surface area contributed by atoms with Crippen LogP contribution in [0.15, 0.2) is 0 Å². The summed E-state index contributed by atoms with van der Waals surface area (Å²) < 4.78 is 0. The number of carbonyl (C=O) groups is 2. The van der Waals surface area contributed by atoms with Crippen LogP contribution in [0.1, 0.15) is 52.9 Å². The van der Waals surface area contributed by atoms with Crippen molar-refractivity contribution in [3.05, 3.63) is 0 Å². The lowest BCUT2D eigenvalue weighted by atomic mass is 9.87. The van der Waals surface area contributed by atoms with Gasteiger partial charge in [0.05, 0.1) is 5.92 Å². The number of aliphatic carboxylic acids is 1. The summed E-state index contributed by atoms with van der Waals surface area (Å²) in [6.45, 7) is 6.75. The van der Waals surface area contributed by atoms with E-state index in [1.165, 1.54) is 0 Å². The third-order valence-electron chi connectivity index (χ3n) is 3.86. The van der Waals surface area contributed by atoms with Crippen molar-refractivity contribution in [2.75, 3.05) is 6.54 Å². The van der Waals surface area contributed by atoms with Gasteiger partial charge in [0.25, 0.3) is 0 Å². The lowest BCUT2D eigenvalue weighted by Crippen LogP contribution is -2.37. The summed E-state index contributed by atoms with van der Waals surface area (Å²) in [4.78, 5) is 22.9. The van der Waals surface area contributed by atoms with E-state index in [4.69, 9.17) is 10.8 Å². The molecule has 1 rings (SSSR count). The second kappa shape index (κ2) is 7.07. The minimum Gasteiger partial charge on any atom is -0.481 e. The van der Waals surface area contributed by atoms with E-state index >= 15 is 0 Å².